The fourth-order valence-electron chi connectivity index (χ4n) is 4.99. The largest absolute Gasteiger partial charge is 0.455 e. The van der Waals surface area contributed by atoms with Crippen molar-refractivity contribution in [3.63, 3.8) is 0 Å². The molecule has 3 nitrogen and oxygen atoms in total. The van der Waals surface area contributed by atoms with Crippen LogP contribution in [0.3, 0.4) is 0 Å². The molecule has 0 atom stereocenters. The summed E-state index contributed by atoms with van der Waals surface area (Å²) < 4.78 is 6.48. The van der Waals surface area contributed by atoms with E-state index in [0.717, 1.165) is 50.0 Å². The lowest BCUT2D eigenvalue weighted by Gasteiger charge is -2.26. The molecular weight excluding hydrogens is 428 g/mol. The van der Waals surface area contributed by atoms with Crippen LogP contribution in [0.5, 0.6) is 0 Å². The van der Waals surface area contributed by atoms with Crippen molar-refractivity contribution < 1.29 is 4.42 Å². The first-order valence-electron chi connectivity index (χ1n) is 11.9. The smallest absolute Gasteiger partial charge is 0.148 e. The van der Waals surface area contributed by atoms with Gasteiger partial charge in [-0.2, -0.15) is 0 Å². The van der Waals surface area contributed by atoms with Crippen LogP contribution in [0.4, 0.5) is 0 Å². The van der Waals surface area contributed by atoms with Crippen molar-refractivity contribution in [3.8, 4) is 22.4 Å². The van der Waals surface area contributed by atoms with Crippen molar-refractivity contribution >= 4 is 21.9 Å². The summed E-state index contributed by atoms with van der Waals surface area (Å²) in [6.45, 7) is 6.58. The highest BCUT2D eigenvalue weighted by Gasteiger charge is 2.30. The first-order valence-corrected chi connectivity index (χ1v) is 11.9. The van der Waals surface area contributed by atoms with E-state index in [-0.39, 0.29) is 5.41 Å². The molecule has 0 unspecified atom stereocenters. The van der Waals surface area contributed by atoms with Gasteiger partial charge >= 0.3 is 0 Å². The van der Waals surface area contributed by atoms with Crippen LogP contribution in [0.25, 0.3) is 44.3 Å². The van der Waals surface area contributed by atoms with Gasteiger partial charge in [0.15, 0.2) is 0 Å². The van der Waals surface area contributed by atoms with E-state index >= 15 is 0 Å². The first-order chi connectivity index (χ1) is 17.0. The van der Waals surface area contributed by atoms with E-state index in [2.05, 4.69) is 87.5 Å². The van der Waals surface area contributed by atoms with Crippen molar-refractivity contribution in [2.75, 3.05) is 0 Å². The number of benzene rings is 3. The topological polar surface area (TPSA) is 38.9 Å². The molecule has 6 rings (SSSR count). The predicted octanol–water partition coefficient (Wildman–Crippen LogP) is 8.34. The highest BCUT2D eigenvalue weighted by Crippen LogP contribution is 2.42. The molecule has 0 aliphatic heterocycles. The van der Waals surface area contributed by atoms with Gasteiger partial charge in [-0.3, -0.25) is 9.97 Å². The lowest BCUT2D eigenvalue weighted by molar-refractivity contribution is 0.621. The van der Waals surface area contributed by atoms with E-state index in [4.69, 9.17) is 14.4 Å². The van der Waals surface area contributed by atoms with Gasteiger partial charge in [0.2, 0.25) is 0 Å². The number of hydrogen-bond acceptors (Lipinski definition) is 3. The van der Waals surface area contributed by atoms with Crippen LogP contribution in [0.2, 0.25) is 0 Å². The van der Waals surface area contributed by atoms with Crippen molar-refractivity contribution in [2.45, 2.75) is 26.2 Å². The van der Waals surface area contributed by atoms with Crippen molar-refractivity contribution in [1.29, 1.82) is 0 Å². The van der Waals surface area contributed by atoms with Gasteiger partial charge in [-0.05, 0) is 35.7 Å². The Morgan fingerprint density at radius 2 is 1.37 bits per heavy atom. The minimum atomic E-state index is -0.300. The van der Waals surface area contributed by atoms with Crippen LogP contribution >= 0.6 is 0 Å². The Kier molecular flexibility index (Phi) is 5.00. The molecule has 0 saturated heterocycles. The number of nitrogens with zero attached hydrogens (tertiary/aromatic N) is 2. The van der Waals surface area contributed by atoms with Crippen LogP contribution < -0.4 is 0 Å². The van der Waals surface area contributed by atoms with E-state index in [1.807, 2.05) is 36.7 Å². The summed E-state index contributed by atoms with van der Waals surface area (Å²) in [6.07, 6.45) is 3.88. The van der Waals surface area contributed by atoms with Crippen LogP contribution in [0.15, 0.2) is 108 Å². The molecule has 0 fully saturated rings. The third-order valence-electron chi connectivity index (χ3n) is 6.96. The van der Waals surface area contributed by atoms with Gasteiger partial charge in [-0.25, -0.2) is 0 Å². The maximum Gasteiger partial charge on any atom is 0.148 e. The van der Waals surface area contributed by atoms with Gasteiger partial charge < -0.3 is 4.42 Å². The fraction of sp³-hybridized carbons (Fsp3) is 0.125. The third kappa shape index (κ3) is 3.52. The Morgan fingerprint density at radius 3 is 2.11 bits per heavy atom. The SMILES string of the molecule is Cc1cc(-c2cnc(C(C)(C)c3ccccc3)c3c2oc2ccccc23)ncc1-c1ccccc1. The number of rotatable bonds is 4. The Bertz CT molecular complexity index is 1660. The number of para-hydroxylation sites is 1. The molecule has 6 aromatic rings. The zero-order valence-electron chi connectivity index (χ0n) is 20.1. The zero-order valence-corrected chi connectivity index (χ0v) is 20.1. The summed E-state index contributed by atoms with van der Waals surface area (Å²) in [6, 6.07) is 31.2. The summed E-state index contributed by atoms with van der Waals surface area (Å²) >= 11 is 0. The normalized spacial score (nSPS) is 11.9. The molecule has 0 aliphatic rings. The number of fused-ring (bicyclic) bond motifs is 3. The minimum absolute atomic E-state index is 0.300. The monoisotopic (exact) mass is 454 g/mol. The summed E-state index contributed by atoms with van der Waals surface area (Å²) in [4.78, 5) is 9.92. The highest BCUT2D eigenvalue weighted by molar-refractivity contribution is 6.10. The molecule has 3 aromatic carbocycles. The summed E-state index contributed by atoms with van der Waals surface area (Å²) in [5.74, 6) is 0. The van der Waals surface area contributed by atoms with Crippen molar-refractivity contribution in [1.82, 2.24) is 9.97 Å². The van der Waals surface area contributed by atoms with Crippen LogP contribution in [-0.4, -0.2) is 9.97 Å². The molecule has 0 bridgehead atoms. The second-order valence-corrected chi connectivity index (χ2v) is 9.56. The molecule has 0 N–H and O–H groups in total. The number of pyridine rings is 2. The maximum absolute atomic E-state index is 6.48. The molecule has 3 aromatic heterocycles. The molecule has 3 heterocycles. The van der Waals surface area contributed by atoms with Gasteiger partial charge in [0, 0.05) is 28.8 Å². The summed E-state index contributed by atoms with van der Waals surface area (Å²) in [5.41, 5.74) is 8.84. The van der Waals surface area contributed by atoms with Crippen LogP contribution in [0, 0.1) is 6.92 Å². The minimum Gasteiger partial charge on any atom is -0.455 e. The summed E-state index contributed by atoms with van der Waals surface area (Å²) in [7, 11) is 0. The Hall–Kier alpha value is -4.24. The Labute approximate surface area is 205 Å². The van der Waals surface area contributed by atoms with E-state index < -0.39 is 0 Å². The third-order valence-corrected chi connectivity index (χ3v) is 6.96. The molecule has 170 valence electrons. The quantitative estimate of drug-likeness (QED) is 0.269. The summed E-state index contributed by atoms with van der Waals surface area (Å²) in [5, 5.41) is 2.13. The lowest BCUT2D eigenvalue weighted by atomic mass is 9.79. The molecule has 0 radical (unpaired) electrons. The fourth-order valence-corrected chi connectivity index (χ4v) is 4.99. The van der Waals surface area contributed by atoms with Crippen molar-refractivity contribution in [2.24, 2.45) is 0 Å². The molecule has 35 heavy (non-hydrogen) atoms. The molecular formula is C32H26N2O. The van der Waals surface area contributed by atoms with Gasteiger partial charge in [0.25, 0.3) is 0 Å². The lowest BCUT2D eigenvalue weighted by Crippen LogP contribution is -2.21. The zero-order chi connectivity index (χ0) is 24.0. The second kappa shape index (κ2) is 8.21. The molecule has 0 amide bonds. The van der Waals surface area contributed by atoms with Crippen LogP contribution in [0.1, 0.15) is 30.7 Å². The van der Waals surface area contributed by atoms with E-state index in [9.17, 15) is 0 Å². The molecule has 0 aliphatic carbocycles. The maximum atomic E-state index is 6.48. The number of hydrogen-bond donors (Lipinski definition) is 0. The average molecular weight is 455 g/mol. The number of furan rings is 1. The number of aromatic nitrogens is 2. The van der Waals surface area contributed by atoms with Crippen molar-refractivity contribution in [3.05, 3.63) is 120 Å². The van der Waals surface area contributed by atoms with E-state index in [1.165, 1.54) is 11.1 Å². The molecule has 3 heteroatoms. The molecule has 0 spiro atoms. The van der Waals surface area contributed by atoms with Gasteiger partial charge in [0.1, 0.15) is 11.2 Å². The highest BCUT2D eigenvalue weighted by atomic mass is 16.3. The average Bonchev–Trinajstić information content (AvgIpc) is 3.29. The van der Waals surface area contributed by atoms with E-state index in [1.54, 1.807) is 0 Å². The standard InChI is InChI=1S/C32H26N2O/c1-21-18-27(33-19-25(21)22-12-6-4-7-13-22)26-20-34-31(32(2,3)23-14-8-5-9-15-23)29-24-16-10-11-17-28(24)35-30(26)29/h4-20H,1-3H3. The molecule has 0 saturated carbocycles. The Morgan fingerprint density at radius 1 is 0.714 bits per heavy atom. The predicted molar refractivity (Wildman–Crippen MR) is 143 cm³/mol. The van der Waals surface area contributed by atoms with Crippen LogP contribution in [-0.2, 0) is 5.41 Å². The number of aryl methyl sites for hydroxylation is 1. The van der Waals surface area contributed by atoms with E-state index in [0.29, 0.717) is 0 Å². The van der Waals surface area contributed by atoms with Gasteiger partial charge in [-0.1, -0.05) is 92.7 Å². The Balaban J connectivity index is 1.58. The van der Waals surface area contributed by atoms with Gasteiger partial charge in [0.05, 0.1) is 22.3 Å². The first kappa shape index (κ1) is 21.3. The van der Waals surface area contributed by atoms with Gasteiger partial charge in [-0.15, -0.1) is 0 Å². The second-order valence-electron chi connectivity index (χ2n) is 9.56.